The molecule has 0 unspecified atom stereocenters. The number of alkyl carbamates (subject to hydrolysis) is 4. The summed E-state index contributed by atoms with van der Waals surface area (Å²) in [6.45, 7) is 21.9. The first kappa shape index (κ1) is 115. The van der Waals surface area contributed by atoms with Crippen molar-refractivity contribution >= 4 is 142 Å². The maximum Gasteiger partial charge on any atom is 0.407 e. The summed E-state index contributed by atoms with van der Waals surface area (Å²) >= 11 is 1.30. The van der Waals surface area contributed by atoms with E-state index in [0.29, 0.717) is 48.8 Å². The lowest BCUT2D eigenvalue weighted by molar-refractivity contribution is -0.146. The molecule has 1 fully saturated rings. The van der Waals surface area contributed by atoms with Gasteiger partial charge < -0.3 is 114 Å². The molecular formula is C98H135N19O24S. The van der Waals surface area contributed by atoms with Crippen LogP contribution in [0, 0.1) is 5.92 Å². The fourth-order valence-corrected chi connectivity index (χ4v) is 15.0. The van der Waals surface area contributed by atoms with Crippen LogP contribution < -0.4 is 84.7 Å². The van der Waals surface area contributed by atoms with Crippen LogP contribution in [-0.2, 0) is 89.5 Å². The smallest absolute Gasteiger partial charge is 0.407 e. The number of carbonyl (C=O) groups excluding carboxylic acids is 17. The molecule has 1 aliphatic heterocycles. The van der Waals surface area contributed by atoms with Crippen LogP contribution in [0.3, 0.4) is 0 Å². The Kier molecular flexibility index (Phi) is 43.5. The number of aliphatic hydroxyl groups excluding tert-OH is 2. The standard InChI is InChI=1S/C98H135N19O24S/c1-56(2)52-71-86(128)109-67(42-48-102-90(132)138-95(5,6)7)82(124)108-70(45-51-105-93(135)141-98(14,15)16)85(127)114-78(57(3)118)88(130)101-47-41-66(81(123)107-68(43-49-103-91(133)139-96(8,9)10)84(126)112-72(87(129)111-71)53-59-28-20-19-21-29-59)106-83(125)69(44-50-104-92(134)140-97(11,12)13)110-89(131)79(58(4)119)113-76(120)39-40-77(121)137-55-60-30-22-24-33-73(60)116(18)94(136)117-74-54-62(142-75-34-25-23-32-64(75)80(122)99-17)36-37-63(74)65(115-117)38-35-61-31-26-27-46-100-61/h19-38,46,54,56-58,66-72,78-79,118-119H,39-45,47-53,55H2,1-18H3,(H,99,122)(H,101,130)(H,102,132)(H,103,133)(H,104,134)(H,105,135)(H,106,125)(H,107,123)(H,108,124)(H,109,128)(H,110,131)(H,111,129)(H,112,126)(H,113,120)(H,114,127)/b38-35+/t57-,58-,66+,67+,68+,69+,70+,71+,72-,78+,79+/m1/s1. The van der Waals surface area contributed by atoms with E-state index in [9.17, 15) is 72.5 Å². The first-order chi connectivity index (χ1) is 66.7. The van der Waals surface area contributed by atoms with Gasteiger partial charge in [0.1, 0.15) is 83.4 Å². The summed E-state index contributed by atoms with van der Waals surface area (Å²) in [4.78, 5) is 250. The second kappa shape index (κ2) is 53.9. The lowest BCUT2D eigenvalue weighted by Gasteiger charge is -2.29. The number of carbonyl (C=O) groups is 17. The number of nitrogens with zero attached hydrogens (tertiary/aromatic N) is 4. The maximum atomic E-state index is 15.5. The molecule has 0 spiro atoms. The number of hydrogen-bond acceptors (Lipinski definition) is 27. The number of aliphatic hydroxyl groups is 2. The number of aromatic nitrogens is 3. The quantitative estimate of drug-likeness (QED) is 0.0172. The highest BCUT2D eigenvalue weighted by atomic mass is 32.2. The SMILES string of the molecule is CNC(=O)c1ccccc1Sc1ccc2c(/C=C/c3ccccn3)nn(C(=O)N(C)c3ccccc3COC(=O)CCC(=O)N[C@H](C(=O)N[C@@H](CCNC(=O)OC(C)(C)C)C(=O)N[C@H]3CCNC(=O)[C@H]([C@@H](C)O)NC(=O)[C@H](CCNC(=O)OC(C)(C)C)NC(=O)[C@H](CCNC(=O)OC(C)(C)C)NC(=O)[C@H](CC(C)C)NC(=O)[C@@H](Cc4ccccc4)NC(=O)[C@H](CCNC(=O)OC(C)(C)C)NC3=O)[C@@H](C)O)c2c1. The second-order valence-corrected chi connectivity index (χ2v) is 39.2. The predicted octanol–water partition coefficient (Wildman–Crippen LogP) is 5.63. The van der Waals surface area contributed by atoms with Crippen LogP contribution in [0.1, 0.15) is 195 Å². The van der Waals surface area contributed by atoms with Crippen LogP contribution in [0.4, 0.5) is 29.7 Å². The zero-order chi connectivity index (χ0) is 105. The topological polar surface area (TPSA) is 591 Å². The van der Waals surface area contributed by atoms with Gasteiger partial charge in [0.15, 0.2) is 0 Å². The molecule has 7 rings (SSSR count). The largest absolute Gasteiger partial charge is 0.461 e. The molecule has 0 aliphatic carbocycles. The molecule has 772 valence electrons. The van der Waals surface area contributed by atoms with Crippen molar-refractivity contribution in [3.63, 3.8) is 0 Å². The summed E-state index contributed by atoms with van der Waals surface area (Å²) in [7, 11) is 3.03. The Balaban J connectivity index is 1.20. The lowest BCUT2D eigenvalue weighted by atomic mass is 10.00. The normalized spacial score (nSPS) is 18.1. The van der Waals surface area contributed by atoms with E-state index < -0.39 is 268 Å². The van der Waals surface area contributed by atoms with Crippen molar-refractivity contribution in [2.75, 3.05) is 51.7 Å². The first-order valence-corrected chi connectivity index (χ1v) is 47.5. The molecule has 2 aromatic heterocycles. The van der Waals surface area contributed by atoms with Gasteiger partial charge in [-0.15, -0.1) is 0 Å². The fraction of sp³-hybridized carbons (Fsp3) is 0.500. The third kappa shape index (κ3) is 39.1. The number of benzene rings is 4. The van der Waals surface area contributed by atoms with Crippen molar-refractivity contribution in [2.45, 2.75) is 274 Å². The van der Waals surface area contributed by atoms with E-state index in [-0.39, 0.29) is 31.0 Å². The van der Waals surface area contributed by atoms with Crippen molar-refractivity contribution in [3.8, 4) is 0 Å². The number of nitrogens with one attached hydrogen (secondary N) is 15. The molecule has 0 radical (unpaired) electrons. The van der Waals surface area contributed by atoms with Gasteiger partial charge in [0.25, 0.3) is 5.91 Å². The Labute approximate surface area is 828 Å². The van der Waals surface area contributed by atoms with Gasteiger partial charge in [0.05, 0.1) is 46.8 Å². The Morgan fingerprint density at radius 2 is 1.06 bits per heavy atom. The Morgan fingerprint density at radius 1 is 0.556 bits per heavy atom. The minimum absolute atomic E-state index is 0.136. The highest BCUT2D eigenvalue weighted by Gasteiger charge is 2.40. The van der Waals surface area contributed by atoms with E-state index in [4.69, 9.17) is 28.8 Å². The predicted molar refractivity (Wildman–Crippen MR) is 525 cm³/mol. The van der Waals surface area contributed by atoms with Crippen LogP contribution in [0.15, 0.2) is 131 Å². The van der Waals surface area contributed by atoms with Crippen LogP contribution in [0.2, 0.25) is 0 Å². The number of anilines is 1. The third-order valence-corrected chi connectivity index (χ3v) is 21.9. The number of ether oxygens (including phenoxy) is 5. The fourth-order valence-electron chi connectivity index (χ4n) is 14.0. The van der Waals surface area contributed by atoms with Crippen LogP contribution in [-0.4, -0.2) is 262 Å². The molecule has 16 amide bonds. The van der Waals surface area contributed by atoms with Gasteiger partial charge in [-0.1, -0.05) is 92.3 Å². The summed E-state index contributed by atoms with van der Waals surface area (Å²) in [5, 5.41) is 66.1. The maximum absolute atomic E-state index is 15.5. The summed E-state index contributed by atoms with van der Waals surface area (Å²) in [5.41, 5.74) is -1.14. The molecule has 3 heterocycles. The van der Waals surface area contributed by atoms with Gasteiger partial charge in [-0.05, 0) is 208 Å². The lowest BCUT2D eigenvalue weighted by Crippen LogP contribution is -2.61. The molecule has 11 atom stereocenters. The van der Waals surface area contributed by atoms with E-state index in [0.717, 1.165) is 13.8 Å². The second-order valence-electron chi connectivity index (χ2n) is 38.1. The number of pyridine rings is 1. The van der Waals surface area contributed by atoms with E-state index in [1.165, 1.54) is 35.4 Å². The number of para-hydroxylation sites is 1. The molecule has 6 aromatic rings. The number of rotatable bonds is 34. The molecular weight excluding hydrogens is 1860 g/mol. The Morgan fingerprint density at radius 3 is 1.61 bits per heavy atom. The van der Waals surface area contributed by atoms with E-state index in [2.05, 4.69) is 84.7 Å². The van der Waals surface area contributed by atoms with Crippen molar-refractivity contribution in [3.05, 3.63) is 150 Å². The van der Waals surface area contributed by atoms with E-state index in [1.54, 1.807) is 212 Å². The Hall–Kier alpha value is -14.3. The van der Waals surface area contributed by atoms with Crippen molar-refractivity contribution < 1.29 is 115 Å². The van der Waals surface area contributed by atoms with Gasteiger partial charge in [-0.2, -0.15) is 9.78 Å². The summed E-state index contributed by atoms with van der Waals surface area (Å²) in [6, 6.07) is 15.8. The van der Waals surface area contributed by atoms with Crippen LogP contribution in [0.5, 0.6) is 0 Å². The summed E-state index contributed by atoms with van der Waals surface area (Å²) < 4.78 is 28.6. The van der Waals surface area contributed by atoms with Crippen LogP contribution in [0.25, 0.3) is 23.1 Å². The molecule has 1 aliphatic rings. The molecule has 17 N–H and O–H groups in total. The first-order valence-electron chi connectivity index (χ1n) is 46.6. The summed E-state index contributed by atoms with van der Waals surface area (Å²) in [6.07, 6.45) is -6.69. The van der Waals surface area contributed by atoms with Crippen LogP contribution >= 0.6 is 11.8 Å². The number of fused-ring (bicyclic) bond motifs is 1. The number of amides is 16. The highest BCUT2D eigenvalue weighted by molar-refractivity contribution is 7.99. The van der Waals surface area contributed by atoms with E-state index in [1.807, 2.05) is 18.2 Å². The van der Waals surface area contributed by atoms with Crippen molar-refractivity contribution in [2.24, 2.45) is 5.92 Å². The zero-order valence-corrected chi connectivity index (χ0v) is 84.1. The van der Waals surface area contributed by atoms with Gasteiger partial charge in [0, 0.05) is 86.6 Å². The van der Waals surface area contributed by atoms with Gasteiger partial charge in [-0.25, -0.2) is 24.0 Å². The summed E-state index contributed by atoms with van der Waals surface area (Å²) in [5.74, 6) is -12.9. The highest BCUT2D eigenvalue weighted by Crippen LogP contribution is 2.35. The molecule has 44 heteroatoms. The van der Waals surface area contributed by atoms with Crippen molar-refractivity contribution in [1.82, 2.24) is 94.5 Å². The molecule has 0 saturated carbocycles. The average Bonchev–Trinajstić information content (AvgIpc) is 1.62. The van der Waals surface area contributed by atoms with Gasteiger partial charge in [-0.3, -0.25) is 67.4 Å². The molecule has 0 bridgehead atoms. The minimum Gasteiger partial charge on any atom is -0.461 e. The number of esters is 1. The molecule has 1 saturated heterocycles. The molecule has 4 aromatic carbocycles. The number of hydrogen-bond donors (Lipinski definition) is 17. The molecule has 43 nitrogen and oxygen atoms in total. The monoisotopic (exact) mass is 1990 g/mol. The minimum atomic E-state index is -1.97. The van der Waals surface area contributed by atoms with Gasteiger partial charge in [0.2, 0.25) is 59.1 Å². The average molecular weight is 2000 g/mol. The van der Waals surface area contributed by atoms with Crippen molar-refractivity contribution in [1.29, 1.82) is 0 Å². The Bertz CT molecular complexity index is 5440. The van der Waals surface area contributed by atoms with E-state index >= 15 is 19.2 Å². The van der Waals surface area contributed by atoms with Gasteiger partial charge >= 0.3 is 36.4 Å². The molecule has 142 heavy (non-hydrogen) atoms. The zero-order valence-electron chi connectivity index (χ0n) is 83.3. The third-order valence-electron chi connectivity index (χ3n) is 20.8.